The monoisotopic (exact) mass is 362 g/mol. The number of carbonyl (C=O) groups excluding carboxylic acids is 3. The van der Waals surface area contributed by atoms with E-state index < -0.39 is 5.41 Å². The van der Waals surface area contributed by atoms with Crippen LogP contribution in [0.5, 0.6) is 0 Å². The Morgan fingerprint density at radius 1 is 1.12 bits per heavy atom. The maximum Gasteiger partial charge on any atom is 0.309 e. The van der Waals surface area contributed by atoms with Gasteiger partial charge in [0, 0.05) is 11.8 Å². The highest BCUT2D eigenvalue weighted by atomic mass is 16.5. The zero-order chi connectivity index (χ0) is 19.1. The van der Waals surface area contributed by atoms with Crippen molar-refractivity contribution in [1.29, 1.82) is 0 Å². The summed E-state index contributed by atoms with van der Waals surface area (Å²) in [5.74, 6) is 0.588. The van der Waals surface area contributed by atoms with E-state index in [0.29, 0.717) is 12.3 Å². The minimum atomic E-state index is -0.529. The molecule has 0 heterocycles. The first-order chi connectivity index (χ1) is 12.3. The largest absolute Gasteiger partial charge is 0.469 e. The first kappa shape index (κ1) is 19.1. The summed E-state index contributed by atoms with van der Waals surface area (Å²) in [6.45, 7) is 4.23. The number of allylic oxidation sites excluding steroid dienone is 2. The molecule has 3 rings (SSSR count). The summed E-state index contributed by atoms with van der Waals surface area (Å²) in [5, 5.41) is 0. The molecule has 0 radical (unpaired) electrons. The highest BCUT2D eigenvalue weighted by molar-refractivity contribution is 5.96. The Hall–Kier alpha value is -1.65. The van der Waals surface area contributed by atoms with Crippen molar-refractivity contribution in [1.82, 2.24) is 0 Å². The lowest BCUT2D eigenvalue weighted by molar-refractivity contribution is -0.153. The number of ketones is 1. The van der Waals surface area contributed by atoms with Crippen LogP contribution >= 0.6 is 0 Å². The quantitative estimate of drug-likeness (QED) is 0.718. The normalized spacial score (nSPS) is 41.3. The Balaban J connectivity index is 1.86. The van der Waals surface area contributed by atoms with Crippen LogP contribution in [-0.2, 0) is 23.9 Å². The van der Waals surface area contributed by atoms with Gasteiger partial charge in [-0.1, -0.05) is 19.9 Å². The molecule has 0 amide bonds. The van der Waals surface area contributed by atoms with E-state index in [1.165, 1.54) is 14.2 Å². The zero-order valence-electron chi connectivity index (χ0n) is 16.2. The second kappa shape index (κ2) is 6.82. The Kier molecular flexibility index (Phi) is 5.02. The summed E-state index contributed by atoms with van der Waals surface area (Å²) in [6, 6.07) is 0. The number of hydrogen-bond acceptors (Lipinski definition) is 5. The molecule has 5 nitrogen and oxygen atoms in total. The molecule has 3 aliphatic rings. The van der Waals surface area contributed by atoms with Gasteiger partial charge in [0.2, 0.25) is 0 Å². The average Bonchev–Trinajstić information content (AvgIpc) is 2.99. The number of ether oxygens (including phenoxy) is 2. The second-order valence-corrected chi connectivity index (χ2v) is 8.70. The van der Waals surface area contributed by atoms with Gasteiger partial charge in [0.25, 0.3) is 0 Å². The van der Waals surface area contributed by atoms with Crippen molar-refractivity contribution in [3.05, 3.63) is 12.2 Å². The fraction of sp³-hybridized carbons (Fsp3) is 0.762. The number of hydrogen-bond donors (Lipinski definition) is 0. The van der Waals surface area contributed by atoms with Gasteiger partial charge in [0.1, 0.15) is 0 Å². The summed E-state index contributed by atoms with van der Waals surface area (Å²) in [5.41, 5.74) is -0.597. The van der Waals surface area contributed by atoms with Crippen LogP contribution in [0.2, 0.25) is 0 Å². The Morgan fingerprint density at radius 3 is 2.50 bits per heavy atom. The Labute approximate surface area is 155 Å². The van der Waals surface area contributed by atoms with Crippen LogP contribution in [0.1, 0.15) is 52.4 Å². The predicted molar refractivity (Wildman–Crippen MR) is 96.1 cm³/mol. The van der Waals surface area contributed by atoms with Gasteiger partial charge in [-0.25, -0.2) is 0 Å². The van der Waals surface area contributed by atoms with Gasteiger partial charge in [0.05, 0.1) is 20.1 Å². The highest BCUT2D eigenvalue weighted by Crippen LogP contribution is 2.63. The first-order valence-electron chi connectivity index (χ1n) is 9.65. The molecule has 5 heteroatoms. The molecule has 26 heavy (non-hydrogen) atoms. The van der Waals surface area contributed by atoms with Gasteiger partial charge >= 0.3 is 11.9 Å². The maximum atomic E-state index is 12.7. The number of carbonyl (C=O) groups is 3. The molecule has 0 N–H and O–H groups in total. The van der Waals surface area contributed by atoms with Crippen molar-refractivity contribution in [2.75, 3.05) is 14.2 Å². The van der Waals surface area contributed by atoms with Crippen LogP contribution in [0.25, 0.3) is 0 Å². The molecule has 3 aliphatic carbocycles. The lowest BCUT2D eigenvalue weighted by atomic mass is 9.50. The summed E-state index contributed by atoms with van der Waals surface area (Å²) in [4.78, 5) is 36.7. The van der Waals surface area contributed by atoms with E-state index in [1.807, 2.05) is 6.92 Å². The van der Waals surface area contributed by atoms with Crippen molar-refractivity contribution < 1.29 is 23.9 Å². The zero-order valence-corrected chi connectivity index (χ0v) is 16.2. The summed E-state index contributed by atoms with van der Waals surface area (Å²) >= 11 is 0. The first-order valence-corrected chi connectivity index (χ1v) is 9.65. The lowest BCUT2D eigenvalue weighted by Gasteiger charge is -2.53. The van der Waals surface area contributed by atoms with E-state index in [9.17, 15) is 14.4 Å². The summed E-state index contributed by atoms with van der Waals surface area (Å²) < 4.78 is 9.83. The molecule has 0 aromatic heterocycles. The van der Waals surface area contributed by atoms with Crippen LogP contribution in [0.15, 0.2) is 12.2 Å². The van der Waals surface area contributed by atoms with Crippen molar-refractivity contribution in [2.45, 2.75) is 52.4 Å². The molecular weight excluding hydrogens is 332 g/mol. The molecule has 0 spiro atoms. The molecule has 0 saturated heterocycles. The molecule has 144 valence electrons. The SMILES string of the molecule is COC(=O)CC[C@@]1(C)C(=O)C=C[C@H]2[C@@H]3CC[C@H](C(=O)OC)[C@@]3(C)CC[C@@H]21. The van der Waals surface area contributed by atoms with Gasteiger partial charge in [-0.3, -0.25) is 14.4 Å². The number of esters is 2. The van der Waals surface area contributed by atoms with E-state index in [-0.39, 0.29) is 47.3 Å². The molecule has 2 saturated carbocycles. The van der Waals surface area contributed by atoms with Crippen LogP contribution in [0.3, 0.4) is 0 Å². The van der Waals surface area contributed by atoms with E-state index in [4.69, 9.17) is 9.47 Å². The molecule has 6 atom stereocenters. The van der Waals surface area contributed by atoms with Gasteiger partial charge in [0.15, 0.2) is 5.78 Å². The van der Waals surface area contributed by atoms with E-state index in [0.717, 1.165) is 25.7 Å². The second-order valence-electron chi connectivity index (χ2n) is 8.70. The van der Waals surface area contributed by atoms with E-state index in [2.05, 4.69) is 13.0 Å². The third-order valence-electron chi connectivity index (χ3n) is 7.75. The van der Waals surface area contributed by atoms with Gasteiger partial charge in [-0.2, -0.15) is 0 Å². The number of rotatable bonds is 4. The van der Waals surface area contributed by atoms with Gasteiger partial charge in [-0.05, 0) is 61.3 Å². The van der Waals surface area contributed by atoms with Crippen LogP contribution in [0.4, 0.5) is 0 Å². The minimum absolute atomic E-state index is 0.0502. The summed E-state index contributed by atoms with van der Waals surface area (Å²) in [7, 11) is 2.85. The van der Waals surface area contributed by atoms with Crippen molar-refractivity contribution >= 4 is 17.7 Å². The molecule has 0 bridgehead atoms. The van der Waals surface area contributed by atoms with Crippen LogP contribution < -0.4 is 0 Å². The van der Waals surface area contributed by atoms with Crippen molar-refractivity contribution in [3.63, 3.8) is 0 Å². The Morgan fingerprint density at radius 2 is 1.85 bits per heavy atom. The average molecular weight is 362 g/mol. The molecule has 0 aliphatic heterocycles. The van der Waals surface area contributed by atoms with E-state index in [1.54, 1.807) is 6.08 Å². The van der Waals surface area contributed by atoms with Gasteiger partial charge < -0.3 is 9.47 Å². The smallest absolute Gasteiger partial charge is 0.309 e. The highest BCUT2D eigenvalue weighted by Gasteiger charge is 2.60. The molecule has 0 aromatic carbocycles. The summed E-state index contributed by atoms with van der Waals surface area (Å²) in [6.07, 6.45) is 8.26. The van der Waals surface area contributed by atoms with Crippen molar-refractivity contribution in [3.8, 4) is 0 Å². The third-order valence-corrected chi connectivity index (χ3v) is 7.75. The van der Waals surface area contributed by atoms with Crippen molar-refractivity contribution in [2.24, 2.45) is 34.5 Å². The molecule has 2 fully saturated rings. The Bertz CT molecular complexity index is 638. The minimum Gasteiger partial charge on any atom is -0.469 e. The van der Waals surface area contributed by atoms with Crippen LogP contribution in [-0.4, -0.2) is 31.9 Å². The van der Waals surface area contributed by atoms with Crippen LogP contribution in [0, 0.1) is 34.5 Å². The third kappa shape index (κ3) is 2.80. The van der Waals surface area contributed by atoms with Gasteiger partial charge in [-0.15, -0.1) is 0 Å². The maximum absolute atomic E-state index is 12.7. The lowest BCUT2D eigenvalue weighted by Crippen LogP contribution is -2.51. The molecule has 0 unspecified atom stereocenters. The fourth-order valence-electron chi connectivity index (χ4n) is 6.08. The predicted octanol–water partition coefficient (Wildman–Crippen LogP) is 3.32. The number of fused-ring (bicyclic) bond motifs is 3. The molecule has 0 aromatic rings. The standard InChI is InChI=1S/C21H30O5/c1-20-11-9-15-13(14(20)6-7-16(20)19(24)26-4)5-8-17(22)21(15,2)12-10-18(23)25-3/h5,8,13-16H,6-7,9-12H2,1-4H3/t13-,14-,15-,16+,20-,21+/m0/s1. The fourth-order valence-corrected chi connectivity index (χ4v) is 6.08. The molecular formula is C21H30O5. The van der Waals surface area contributed by atoms with E-state index >= 15 is 0 Å². The topological polar surface area (TPSA) is 69.7 Å². The number of methoxy groups -OCH3 is 2.